The van der Waals surface area contributed by atoms with E-state index in [1.807, 2.05) is 77.7 Å². The van der Waals surface area contributed by atoms with Gasteiger partial charge >= 0.3 is 0 Å². The Hall–Kier alpha value is -3.73. The van der Waals surface area contributed by atoms with Crippen molar-refractivity contribution in [2.24, 2.45) is 0 Å². The van der Waals surface area contributed by atoms with E-state index in [1.54, 1.807) is 7.11 Å². The summed E-state index contributed by atoms with van der Waals surface area (Å²) in [5, 5.41) is 1.42. The fourth-order valence-electron chi connectivity index (χ4n) is 5.28. The molecule has 3 heterocycles. The predicted octanol–water partition coefficient (Wildman–Crippen LogP) is 6.45. The molecular weight excluding hydrogens is 562 g/mol. The topological polar surface area (TPSA) is 76.9 Å². The first-order valence-electron chi connectivity index (χ1n) is 14.3. The zero-order valence-corrected chi connectivity index (χ0v) is 25.1. The van der Waals surface area contributed by atoms with Crippen molar-refractivity contribution >= 4 is 22.8 Å². The predicted molar refractivity (Wildman–Crippen MR) is 166 cm³/mol. The Morgan fingerprint density at radius 2 is 1.33 bits per heavy atom. The van der Waals surface area contributed by atoms with Crippen molar-refractivity contribution in [1.29, 1.82) is 0 Å². The smallest absolute Gasteiger partial charge is 0.226 e. The SMILES string of the molecule is COc1nc(SC)nc2c1ccn2[C@@H]1O[C@H](COCc2ccccc2)[C@@H](OCc2ccccc2)[C@@H]1OCc1ccccc1. The molecular formula is C34H35N3O5S. The quantitative estimate of drug-likeness (QED) is 0.113. The lowest BCUT2D eigenvalue weighted by Crippen LogP contribution is -2.38. The van der Waals surface area contributed by atoms with Gasteiger partial charge in [0.1, 0.15) is 18.3 Å². The molecule has 3 aromatic carbocycles. The number of aromatic nitrogens is 3. The van der Waals surface area contributed by atoms with Crippen LogP contribution in [0.15, 0.2) is 108 Å². The van der Waals surface area contributed by atoms with Gasteiger partial charge in [-0.25, -0.2) is 4.98 Å². The summed E-state index contributed by atoms with van der Waals surface area (Å²) in [5.41, 5.74) is 3.95. The number of fused-ring (bicyclic) bond motifs is 1. The Bertz CT molecular complexity index is 1590. The molecule has 2 aromatic heterocycles. The third-order valence-electron chi connectivity index (χ3n) is 7.42. The molecule has 6 rings (SSSR count). The highest BCUT2D eigenvalue weighted by Crippen LogP contribution is 2.38. The summed E-state index contributed by atoms with van der Waals surface area (Å²) in [6.45, 7) is 1.63. The van der Waals surface area contributed by atoms with Crippen LogP contribution in [0.5, 0.6) is 5.88 Å². The minimum Gasteiger partial charge on any atom is -0.480 e. The molecule has 0 saturated carbocycles. The maximum absolute atomic E-state index is 6.78. The summed E-state index contributed by atoms with van der Waals surface area (Å²) in [6.07, 6.45) is 2.12. The fourth-order valence-corrected chi connectivity index (χ4v) is 5.64. The monoisotopic (exact) mass is 597 g/mol. The number of rotatable bonds is 13. The van der Waals surface area contributed by atoms with Gasteiger partial charge in [-0.15, -0.1) is 0 Å². The highest BCUT2D eigenvalue weighted by molar-refractivity contribution is 7.98. The lowest BCUT2D eigenvalue weighted by atomic mass is 10.1. The van der Waals surface area contributed by atoms with E-state index in [-0.39, 0.29) is 6.10 Å². The minimum atomic E-state index is -0.526. The highest BCUT2D eigenvalue weighted by Gasteiger charge is 2.48. The second kappa shape index (κ2) is 14.2. The summed E-state index contributed by atoms with van der Waals surface area (Å²) in [7, 11) is 1.62. The fraction of sp³-hybridized carbons (Fsp3) is 0.294. The molecule has 1 aliphatic rings. The van der Waals surface area contributed by atoms with Crippen molar-refractivity contribution in [2.45, 2.75) is 49.5 Å². The van der Waals surface area contributed by atoms with Crippen LogP contribution >= 0.6 is 11.8 Å². The van der Waals surface area contributed by atoms with E-state index in [9.17, 15) is 0 Å². The number of benzene rings is 3. The molecule has 0 bridgehead atoms. The van der Waals surface area contributed by atoms with Gasteiger partial charge in [-0.05, 0) is 29.0 Å². The third-order valence-corrected chi connectivity index (χ3v) is 7.96. The van der Waals surface area contributed by atoms with Crippen LogP contribution in [0.4, 0.5) is 0 Å². The number of methoxy groups -OCH3 is 1. The molecule has 43 heavy (non-hydrogen) atoms. The van der Waals surface area contributed by atoms with Crippen LogP contribution in [0.25, 0.3) is 11.0 Å². The van der Waals surface area contributed by atoms with E-state index in [4.69, 9.17) is 28.7 Å². The van der Waals surface area contributed by atoms with E-state index >= 15 is 0 Å². The van der Waals surface area contributed by atoms with Crippen molar-refractivity contribution < 1.29 is 23.7 Å². The number of hydrogen-bond donors (Lipinski definition) is 0. The van der Waals surface area contributed by atoms with Crippen molar-refractivity contribution in [3.8, 4) is 5.88 Å². The van der Waals surface area contributed by atoms with E-state index < -0.39 is 18.4 Å². The van der Waals surface area contributed by atoms with Crippen LogP contribution in [-0.4, -0.2) is 52.8 Å². The van der Waals surface area contributed by atoms with Crippen molar-refractivity contribution in [3.05, 3.63) is 120 Å². The summed E-state index contributed by atoms with van der Waals surface area (Å²) in [6, 6.07) is 32.3. The molecule has 0 spiro atoms. The molecule has 1 saturated heterocycles. The Morgan fingerprint density at radius 1 is 0.744 bits per heavy atom. The molecule has 5 aromatic rings. The van der Waals surface area contributed by atoms with Gasteiger partial charge in [0.25, 0.3) is 0 Å². The number of hydrogen-bond acceptors (Lipinski definition) is 8. The maximum atomic E-state index is 6.78. The standard InChI is InChI=1S/C34H35N3O5S/c1-38-32-27-18-19-37(31(27)35-34(36-32)43-2)33-30(41-22-26-16-10-5-11-17-26)29(40-21-25-14-8-4-9-15-25)28(42-33)23-39-20-24-12-6-3-7-13-24/h3-19,28-30,33H,20-23H2,1-2H3/t28-,29-,30+,33-/m1/s1. The minimum absolute atomic E-state index is 0.337. The average Bonchev–Trinajstić information content (AvgIpc) is 3.64. The molecule has 0 radical (unpaired) electrons. The lowest BCUT2D eigenvalue weighted by Gasteiger charge is -2.26. The van der Waals surface area contributed by atoms with Gasteiger partial charge in [-0.2, -0.15) is 4.98 Å². The number of ether oxygens (including phenoxy) is 5. The van der Waals surface area contributed by atoms with Gasteiger partial charge < -0.3 is 28.3 Å². The van der Waals surface area contributed by atoms with Gasteiger partial charge in [-0.3, -0.25) is 0 Å². The molecule has 4 atom stereocenters. The van der Waals surface area contributed by atoms with Gasteiger partial charge in [0, 0.05) is 6.20 Å². The van der Waals surface area contributed by atoms with E-state index in [1.165, 1.54) is 11.8 Å². The van der Waals surface area contributed by atoms with Gasteiger partial charge in [0.15, 0.2) is 17.0 Å². The third kappa shape index (κ3) is 6.92. The lowest BCUT2D eigenvalue weighted by molar-refractivity contribution is -0.0913. The van der Waals surface area contributed by atoms with Crippen LogP contribution in [0, 0.1) is 0 Å². The van der Waals surface area contributed by atoms with E-state index in [2.05, 4.69) is 41.4 Å². The zero-order valence-electron chi connectivity index (χ0n) is 24.2. The van der Waals surface area contributed by atoms with Crippen LogP contribution in [0.2, 0.25) is 0 Å². The molecule has 1 aliphatic heterocycles. The Morgan fingerprint density at radius 3 is 1.91 bits per heavy atom. The maximum Gasteiger partial charge on any atom is 0.226 e. The molecule has 1 fully saturated rings. The highest BCUT2D eigenvalue weighted by atomic mass is 32.2. The van der Waals surface area contributed by atoms with Crippen LogP contribution in [-0.2, 0) is 38.8 Å². The first-order chi connectivity index (χ1) is 21.2. The molecule has 222 valence electrons. The van der Waals surface area contributed by atoms with Gasteiger partial charge in [-0.1, -0.05) is 103 Å². The van der Waals surface area contributed by atoms with Gasteiger partial charge in [0.05, 0.1) is 38.9 Å². The average molecular weight is 598 g/mol. The van der Waals surface area contributed by atoms with Crippen LogP contribution in [0.1, 0.15) is 22.9 Å². The molecule has 0 amide bonds. The van der Waals surface area contributed by atoms with Crippen LogP contribution in [0.3, 0.4) is 0 Å². The summed E-state index contributed by atoms with van der Waals surface area (Å²) < 4.78 is 33.9. The first-order valence-corrected chi connectivity index (χ1v) is 15.5. The summed E-state index contributed by atoms with van der Waals surface area (Å²) >= 11 is 1.46. The van der Waals surface area contributed by atoms with E-state index in [0.29, 0.717) is 43.1 Å². The van der Waals surface area contributed by atoms with Crippen molar-refractivity contribution in [3.63, 3.8) is 0 Å². The second-order valence-corrected chi connectivity index (χ2v) is 11.0. The second-order valence-electron chi connectivity index (χ2n) is 10.3. The Balaban J connectivity index is 1.33. The normalized spacial score (nSPS) is 20.0. The Labute approximate surface area is 255 Å². The largest absolute Gasteiger partial charge is 0.480 e. The molecule has 9 heteroatoms. The molecule has 0 N–H and O–H groups in total. The van der Waals surface area contributed by atoms with Crippen molar-refractivity contribution in [2.75, 3.05) is 20.0 Å². The first kappa shape index (κ1) is 29.3. The van der Waals surface area contributed by atoms with Crippen LogP contribution < -0.4 is 4.74 Å². The molecule has 0 aliphatic carbocycles. The van der Waals surface area contributed by atoms with E-state index in [0.717, 1.165) is 22.1 Å². The Kier molecular flexibility index (Phi) is 9.66. The van der Waals surface area contributed by atoms with Gasteiger partial charge in [0.2, 0.25) is 5.88 Å². The summed E-state index contributed by atoms with van der Waals surface area (Å²) in [5.74, 6) is 0.521. The number of thioether (sulfide) groups is 1. The molecule has 0 unspecified atom stereocenters. The molecule has 8 nitrogen and oxygen atoms in total. The zero-order chi connectivity index (χ0) is 29.4. The number of nitrogens with zero attached hydrogens (tertiary/aromatic N) is 3. The summed E-state index contributed by atoms with van der Waals surface area (Å²) in [4.78, 5) is 9.37. The van der Waals surface area contributed by atoms with Crippen molar-refractivity contribution in [1.82, 2.24) is 14.5 Å².